The molecule has 0 aromatic carbocycles. The smallest absolute Gasteiger partial charge is 0.241 e. The second-order valence-corrected chi connectivity index (χ2v) is 3.28. The fourth-order valence-corrected chi connectivity index (χ4v) is 0.984. The minimum atomic E-state index is -1.55. The highest BCUT2D eigenvalue weighted by Crippen LogP contribution is 1.98. The summed E-state index contributed by atoms with van der Waals surface area (Å²) in [6, 6.07) is -1.20. The molecule has 1 amide bonds. The molecule has 0 saturated heterocycles. The third kappa shape index (κ3) is 3.87. The molecule has 5 heteroatoms. The van der Waals surface area contributed by atoms with E-state index in [0.717, 1.165) is 0 Å². The van der Waals surface area contributed by atoms with Crippen molar-refractivity contribution in [2.75, 3.05) is 7.05 Å². The Hall–Kier alpha value is -0.910. The molecular weight excluding hydrogens is 184 g/mol. The van der Waals surface area contributed by atoms with Gasteiger partial charge in [0.25, 0.3) is 0 Å². The van der Waals surface area contributed by atoms with Gasteiger partial charge in [0, 0.05) is 0 Å². The van der Waals surface area contributed by atoms with E-state index in [4.69, 9.17) is 10.2 Å². The third-order valence-electron chi connectivity index (χ3n) is 1.86. The summed E-state index contributed by atoms with van der Waals surface area (Å²) in [5.74, 6) is -0.319. The zero-order valence-corrected chi connectivity index (χ0v) is 8.74. The number of nitrogens with one attached hydrogen (secondary N) is 2. The molecule has 4 N–H and O–H groups in total. The highest BCUT2D eigenvalue weighted by Gasteiger charge is 2.20. The summed E-state index contributed by atoms with van der Waals surface area (Å²) in [4.78, 5) is 11.5. The molecule has 0 heterocycles. The fraction of sp³-hybridized carbons (Fsp3) is 0.667. The number of likely N-dealkylation sites (N-methyl/N-ethyl adjacent to an activating group) is 1. The number of hydrogen-bond acceptors (Lipinski definition) is 4. The standard InChI is InChI=1S/C9H18N2O3/c1-5(2)7(10-4)8(12)11-6(3)9(13)14/h6-7,9-10,13-14H,1H2,2-4H3,(H,11,12)/t6-,7+/m0/s1. The monoisotopic (exact) mass is 202 g/mol. The molecule has 0 aliphatic heterocycles. The number of carbonyl (C=O) groups excluding carboxylic acids is 1. The van der Waals surface area contributed by atoms with Crippen LogP contribution in [0.25, 0.3) is 0 Å². The van der Waals surface area contributed by atoms with Crippen LogP contribution in [0.15, 0.2) is 12.2 Å². The van der Waals surface area contributed by atoms with E-state index in [1.54, 1.807) is 14.0 Å². The molecule has 0 aliphatic rings. The first-order chi connectivity index (χ1) is 6.40. The number of aliphatic hydroxyl groups is 2. The summed E-state index contributed by atoms with van der Waals surface area (Å²) in [7, 11) is 1.64. The van der Waals surface area contributed by atoms with E-state index < -0.39 is 18.4 Å². The molecule has 0 spiro atoms. The second-order valence-electron chi connectivity index (χ2n) is 3.28. The van der Waals surface area contributed by atoms with Gasteiger partial charge in [0.1, 0.15) is 6.04 Å². The Balaban J connectivity index is 4.25. The van der Waals surface area contributed by atoms with Crippen LogP contribution in [0, 0.1) is 0 Å². The van der Waals surface area contributed by atoms with E-state index in [9.17, 15) is 4.79 Å². The molecule has 5 nitrogen and oxygen atoms in total. The van der Waals surface area contributed by atoms with Crippen molar-refractivity contribution in [1.29, 1.82) is 0 Å². The molecule has 0 aromatic rings. The normalized spacial score (nSPS) is 15.0. The van der Waals surface area contributed by atoms with Gasteiger partial charge in [0.05, 0.1) is 6.04 Å². The van der Waals surface area contributed by atoms with Crippen LogP contribution in [0.5, 0.6) is 0 Å². The van der Waals surface area contributed by atoms with Crippen molar-refractivity contribution in [3.8, 4) is 0 Å². The molecule has 0 fully saturated rings. The lowest BCUT2D eigenvalue weighted by Crippen LogP contribution is -2.49. The summed E-state index contributed by atoms with van der Waals surface area (Å²) in [6.45, 7) is 6.88. The maximum absolute atomic E-state index is 11.5. The molecule has 0 saturated carbocycles. The first kappa shape index (κ1) is 13.1. The summed E-state index contributed by atoms with van der Waals surface area (Å²) in [6.07, 6.45) is -1.55. The fourth-order valence-electron chi connectivity index (χ4n) is 0.984. The minimum Gasteiger partial charge on any atom is -0.366 e. The van der Waals surface area contributed by atoms with Gasteiger partial charge in [-0.2, -0.15) is 0 Å². The predicted octanol–water partition coefficient (Wildman–Crippen LogP) is -1.03. The maximum atomic E-state index is 11.5. The van der Waals surface area contributed by atoms with Crippen LogP contribution in [0.2, 0.25) is 0 Å². The van der Waals surface area contributed by atoms with Gasteiger partial charge in [-0.1, -0.05) is 12.2 Å². The van der Waals surface area contributed by atoms with E-state index in [2.05, 4.69) is 17.2 Å². The van der Waals surface area contributed by atoms with Crippen molar-refractivity contribution < 1.29 is 15.0 Å². The van der Waals surface area contributed by atoms with E-state index in [1.807, 2.05) is 0 Å². The number of aliphatic hydroxyl groups excluding tert-OH is 1. The van der Waals surface area contributed by atoms with Crippen molar-refractivity contribution in [3.05, 3.63) is 12.2 Å². The van der Waals surface area contributed by atoms with Crippen molar-refractivity contribution in [3.63, 3.8) is 0 Å². The van der Waals surface area contributed by atoms with E-state index in [0.29, 0.717) is 5.57 Å². The highest BCUT2D eigenvalue weighted by molar-refractivity contribution is 5.84. The average molecular weight is 202 g/mol. The van der Waals surface area contributed by atoms with Gasteiger partial charge < -0.3 is 20.8 Å². The molecule has 0 rings (SSSR count). The maximum Gasteiger partial charge on any atom is 0.241 e. The number of hydrogen-bond donors (Lipinski definition) is 4. The van der Waals surface area contributed by atoms with E-state index in [1.165, 1.54) is 6.92 Å². The zero-order chi connectivity index (χ0) is 11.3. The van der Waals surface area contributed by atoms with E-state index in [-0.39, 0.29) is 5.91 Å². The Morgan fingerprint density at radius 3 is 2.21 bits per heavy atom. The SMILES string of the molecule is C=C(C)[C@@H](NC)C(=O)N[C@@H](C)C(O)O. The van der Waals surface area contributed by atoms with Gasteiger partial charge in [-0.25, -0.2) is 0 Å². The van der Waals surface area contributed by atoms with Crippen molar-refractivity contribution in [1.82, 2.24) is 10.6 Å². The summed E-state index contributed by atoms with van der Waals surface area (Å²) in [5.41, 5.74) is 0.671. The van der Waals surface area contributed by atoms with Crippen molar-refractivity contribution in [2.24, 2.45) is 0 Å². The van der Waals surface area contributed by atoms with E-state index >= 15 is 0 Å². The summed E-state index contributed by atoms with van der Waals surface area (Å²) in [5, 5.41) is 22.7. The molecule has 0 radical (unpaired) electrons. The van der Waals surface area contributed by atoms with Crippen LogP contribution in [0.4, 0.5) is 0 Å². The average Bonchev–Trinajstić information content (AvgIpc) is 2.04. The molecular formula is C9H18N2O3. The van der Waals surface area contributed by atoms with Crippen LogP contribution < -0.4 is 10.6 Å². The zero-order valence-electron chi connectivity index (χ0n) is 8.74. The minimum absolute atomic E-state index is 0.319. The number of carbonyl (C=O) groups is 1. The second kappa shape index (κ2) is 5.74. The first-order valence-corrected chi connectivity index (χ1v) is 4.39. The molecule has 0 unspecified atom stereocenters. The predicted molar refractivity (Wildman–Crippen MR) is 53.5 cm³/mol. The lowest BCUT2D eigenvalue weighted by Gasteiger charge is -2.20. The Morgan fingerprint density at radius 1 is 1.43 bits per heavy atom. The van der Waals surface area contributed by atoms with Gasteiger partial charge in [0.15, 0.2) is 6.29 Å². The van der Waals surface area contributed by atoms with Gasteiger partial charge >= 0.3 is 0 Å². The molecule has 0 aliphatic carbocycles. The third-order valence-corrected chi connectivity index (χ3v) is 1.86. The van der Waals surface area contributed by atoms with Crippen LogP contribution in [0.3, 0.4) is 0 Å². The Morgan fingerprint density at radius 2 is 1.93 bits per heavy atom. The largest absolute Gasteiger partial charge is 0.366 e. The molecule has 0 aromatic heterocycles. The number of amides is 1. The van der Waals surface area contributed by atoms with Gasteiger partial charge in [0.2, 0.25) is 5.91 Å². The Labute approximate surface area is 83.8 Å². The van der Waals surface area contributed by atoms with Crippen molar-refractivity contribution in [2.45, 2.75) is 32.2 Å². The van der Waals surface area contributed by atoms with Crippen LogP contribution in [0.1, 0.15) is 13.8 Å². The van der Waals surface area contributed by atoms with Gasteiger partial charge in [-0.15, -0.1) is 0 Å². The molecule has 0 bridgehead atoms. The Bertz CT molecular complexity index is 216. The molecule has 82 valence electrons. The quantitative estimate of drug-likeness (QED) is 0.339. The van der Waals surface area contributed by atoms with Crippen LogP contribution in [-0.4, -0.2) is 41.5 Å². The molecule has 14 heavy (non-hydrogen) atoms. The van der Waals surface area contributed by atoms with Crippen molar-refractivity contribution >= 4 is 5.91 Å². The topological polar surface area (TPSA) is 81.6 Å². The molecule has 2 atom stereocenters. The van der Waals surface area contributed by atoms with Gasteiger partial charge in [-0.3, -0.25) is 4.79 Å². The Kier molecular flexibility index (Phi) is 5.37. The lowest BCUT2D eigenvalue weighted by molar-refractivity contribution is -0.127. The summed E-state index contributed by atoms with van der Waals surface area (Å²) >= 11 is 0. The lowest BCUT2D eigenvalue weighted by atomic mass is 10.1. The number of rotatable bonds is 5. The first-order valence-electron chi connectivity index (χ1n) is 4.39. The highest BCUT2D eigenvalue weighted by atomic mass is 16.5. The summed E-state index contributed by atoms with van der Waals surface area (Å²) < 4.78 is 0. The van der Waals surface area contributed by atoms with Crippen LogP contribution >= 0.6 is 0 Å². The van der Waals surface area contributed by atoms with Gasteiger partial charge in [-0.05, 0) is 20.9 Å². The van der Waals surface area contributed by atoms with Crippen LogP contribution in [-0.2, 0) is 4.79 Å².